The highest BCUT2D eigenvalue weighted by atomic mass is 35.5. The molecule has 110 valence electrons. The summed E-state index contributed by atoms with van der Waals surface area (Å²) in [6, 6.07) is 5.41. The van der Waals surface area contributed by atoms with Crippen molar-refractivity contribution in [3.63, 3.8) is 0 Å². The third-order valence-electron chi connectivity index (χ3n) is 4.65. The fourth-order valence-electron chi connectivity index (χ4n) is 3.72. The van der Waals surface area contributed by atoms with Crippen molar-refractivity contribution in [2.45, 2.75) is 50.2 Å². The van der Waals surface area contributed by atoms with Gasteiger partial charge in [0.15, 0.2) is 0 Å². The molecule has 2 bridgehead atoms. The van der Waals surface area contributed by atoms with Gasteiger partial charge in [-0.25, -0.2) is 0 Å². The first kappa shape index (κ1) is 14.8. The Morgan fingerprint density at radius 2 is 1.60 bits per heavy atom. The molecule has 5 heteroatoms. The molecule has 0 amide bonds. The van der Waals surface area contributed by atoms with Gasteiger partial charge in [-0.1, -0.05) is 34.8 Å². The highest BCUT2D eigenvalue weighted by Crippen LogP contribution is 2.43. The maximum absolute atomic E-state index is 6.42. The van der Waals surface area contributed by atoms with E-state index >= 15 is 0 Å². The first-order valence-electron chi connectivity index (χ1n) is 7.20. The van der Waals surface area contributed by atoms with Gasteiger partial charge in [0.1, 0.15) is 0 Å². The Kier molecular flexibility index (Phi) is 4.37. The molecule has 20 heavy (non-hydrogen) atoms. The highest BCUT2D eigenvalue weighted by molar-refractivity contribution is 6.44. The number of benzene rings is 1. The molecule has 2 heterocycles. The molecule has 2 unspecified atom stereocenters. The van der Waals surface area contributed by atoms with Crippen molar-refractivity contribution in [3.05, 3.63) is 27.2 Å². The summed E-state index contributed by atoms with van der Waals surface area (Å²) in [5, 5.41) is 5.25. The molecule has 0 spiro atoms. The maximum Gasteiger partial charge on any atom is 0.0655 e. The van der Waals surface area contributed by atoms with E-state index in [4.69, 9.17) is 34.8 Å². The van der Waals surface area contributed by atoms with Gasteiger partial charge in [-0.2, -0.15) is 0 Å². The normalized spacial score (nSPS) is 29.6. The smallest absolute Gasteiger partial charge is 0.0655 e. The molecule has 0 radical (unpaired) electrons. The van der Waals surface area contributed by atoms with Crippen LogP contribution in [0.2, 0.25) is 15.1 Å². The molecule has 2 atom stereocenters. The molecule has 1 N–H and O–H groups in total. The van der Waals surface area contributed by atoms with Gasteiger partial charge in [-0.05, 0) is 51.3 Å². The fourth-order valence-corrected chi connectivity index (χ4v) is 4.36. The first-order valence-corrected chi connectivity index (χ1v) is 8.33. The topological polar surface area (TPSA) is 15.3 Å². The van der Waals surface area contributed by atoms with E-state index in [1.165, 1.54) is 32.1 Å². The Hall–Kier alpha value is -0.150. The Balaban J connectivity index is 1.95. The Bertz CT molecular complexity index is 492. The highest BCUT2D eigenvalue weighted by Gasteiger charge is 2.38. The molecule has 2 saturated heterocycles. The van der Waals surface area contributed by atoms with Crippen LogP contribution >= 0.6 is 34.8 Å². The lowest BCUT2D eigenvalue weighted by atomic mass is 9.81. The van der Waals surface area contributed by atoms with Crippen LogP contribution in [0.3, 0.4) is 0 Å². The summed E-state index contributed by atoms with van der Waals surface area (Å²) in [6.07, 6.45) is 6.10. The van der Waals surface area contributed by atoms with Crippen LogP contribution in [0.4, 0.5) is 5.69 Å². The van der Waals surface area contributed by atoms with Crippen molar-refractivity contribution < 1.29 is 0 Å². The maximum atomic E-state index is 6.42. The predicted octanol–water partition coefficient (Wildman–Crippen LogP) is 4.76. The summed E-state index contributed by atoms with van der Waals surface area (Å²) in [5.74, 6) is 0. The second-order valence-corrected chi connectivity index (χ2v) is 7.04. The summed E-state index contributed by atoms with van der Waals surface area (Å²) in [7, 11) is 2.06. The summed E-state index contributed by atoms with van der Waals surface area (Å²) < 4.78 is 0. The third-order valence-corrected chi connectivity index (χ3v) is 5.68. The monoisotopic (exact) mass is 332 g/mol. The van der Waals surface area contributed by atoms with Crippen LogP contribution in [-0.4, -0.2) is 25.2 Å². The average molecular weight is 334 g/mol. The molecule has 1 aromatic rings. The van der Waals surface area contributed by atoms with Crippen LogP contribution in [-0.2, 0) is 0 Å². The fraction of sp³-hybridized carbons (Fsp3) is 0.600. The molecule has 0 aliphatic carbocycles. The molecule has 2 aliphatic rings. The quantitative estimate of drug-likeness (QED) is 0.785. The predicted molar refractivity (Wildman–Crippen MR) is 87.5 cm³/mol. The molecule has 3 rings (SSSR count). The molecule has 2 fully saturated rings. The van der Waals surface area contributed by atoms with Crippen molar-refractivity contribution in [2.75, 3.05) is 11.9 Å². The molecule has 2 nitrogen and oxygen atoms in total. The minimum absolute atomic E-state index is 0.524. The van der Waals surface area contributed by atoms with Crippen LogP contribution in [0, 0.1) is 0 Å². The molecular formula is C15H19Cl3N2. The average Bonchev–Trinajstić information content (AvgIpc) is 2.41. The second kappa shape index (κ2) is 5.92. The molecular weight excluding hydrogens is 315 g/mol. The number of nitrogens with one attached hydrogen (secondary N) is 1. The molecule has 1 aromatic carbocycles. The van der Waals surface area contributed by atoms with Crippen molar-refractivity contribution in [1.82, 2.24) is 5.32 Å². The van der Waals surface area contributed by atoms with E-state index < -0.39 is 0 Å². The minimum Gasteiger partial charge on any atom is -0.364 e. The van der Waals surface area contributed by atoms with Gasteiger partial charge in [0, 0.05) is 18.1 Å². The molecule has 0 saturated carbocycles. The van der Waals surface area contributed by atoms with Crippen LogP contribution in [0.15, 0.2) is 12.1 Å². The van der Waals surface area contributed by atoms with E-state index in [9.17, 15) is 0 Å². The van der Waals surface area contributed by atoms with E-state index in [2.05, 4.69) is 17.3 Å². The minimum atomic E-state index is 0.524. The van der Waals surface area contributed by atoms with Crippen LogP contribution in [0.5, 0.6) is 0 Å². The van der Waals surface area contributed by atoms with E-state index in [1.807, 2.05) is 6.07 Å². The summed E-state index contributed by atoms with van der Waals surface area (Å²) in [6.45, 7) is 0. The number of hydrogen-bond donors (Lipinski definition) is 1. The summed E-state index contributed by atoms with van der Waals surface area (Å²) in [4.78, 5) is 2.49. The summed E-state index contributed by atoms with van der Waals surface area (Å²) in [5.41, 5.74) is 1.05. The van der Waals surface area contributed by atoms with Gasteiger partial charge in [-0.3, -0.25) is 0 Å². The lowest BCUT2D eigenvalue weighted by Crippen LogP contribution is -2.56. The standard InChI is InChI=1S/C15H19Cl3N2/c1-19-9-5-10-3-2-4-11(6-9)20(10)15-8-13(17)12(16)7-14(15)18/h7-11,19H,2-6H2,1H3. The lowest BCUT2D eigenvalue weighted by molar-refractivity contribution is 0.252. The lowest BCUT2D eigenvalue weighted by Gasteiger charge is -2.50. The van der Waals surface area contributed by atoms with Gasteiger partial charge < -0.3 is 10.2 Å². The van der Waals surface area contributed by atoms with Gasteiger partial charge in [0.05, 0.1) is 20.8 Å². The summed E-state index contributed by atoms with van der Waals surface area (Å²) >= 11 is 18.7. The molecule has 0 aromatic heterocycles. The largest absolute Gasteiger partial charge is 0.364 e. The van der Waals surface area contributed by atoms with Crippen LogP contribution in [0.25, 0.3) is 0 Å². The van der Waals surface area contributed by atoms with Crippen molar-refractivity contribution in [3.8, 4) is 0 Å². The Morgan fingerprint density at radius 3 is 2.20 bits per heavy atom. The van der Waals surface area contributed by atoms with E-state index in [0.29, 0.717) is 33.2 Å². The van der Waals surface area contributed by atoms with Crippen molar-refractivity contribution in [1.29, 1.82) is 0 Å². The zero-order valence-electron chi connectivity index (χ0n) is 11.5. The third kappa shape index (κ3) is 2.64. The number of anilines is 1. The second-order valence-electron chi connectivity index (χ2n) is 5.82. The van der Waals surface area contributed by atoms with Gasteiger partial charge in [0.2, 0.25) is 0 Å². The number of fused-ring (bicyclic) bond motifs is 2. The van der Waals surface area contributed by atoms with Gasteiger partial charge >= 0.3 is 0 Å². The van der Waals surface area contributed by atoms with Crippen LogP contribution in [0.1, 0.15) is 32.1 Å². The number of rotatable bonds is 2. The Labute approximate surface area is 135 Å². The van der Waals surface area contributed by atoms with Crippen molar-refractivity contribution in [2.24, 2.45) is 0 Å². The number of piperidine rings is 2. The Morgan fingerprint density at radius 1 is 1.00 bits per heavy atom. The number of nitrogens with zero attached hydrogens (tertiary/aromatic N) is 1. The van der Waals surface area contributed by atoms with Crippen LogP contribution < -0.4 is 10.2 Å². The van der Waals surface area contributed by atoms with E-state index in [1.54, 1.807) is 6.07 Å². The SMILES string of the molecule is CNC1CC2CCCC(C1)N2c1cc(Cl)c(Cl)cc1Cl. The van der Waals surface area contributed by atoms with E-state index in [0.717, 1.165) is 5.69 Å². The zero-order valence-corrected chi connectivity index (χ0v) is 13.8. The zero-order chi connectivity index (χ0) is 14.3. The number of halogens is 3. The van der Waals surface area contributed by atoms with Crippen molar-refractivity contribution >= 4 is 40.5 Å². The van der Waals surface area contributed by atoms with Gasteiger partial charge in [0.25, 0.3) is 0 Å². The number of hydrogen-bond acceptors (Lipinski definition) is 2. The molecule has 2 aliphatic heterocycles. The van der Waals surface area contributed by atoms with E-state index in [-0.39, 0.29) is 0 Å². The van der Waals surface area contributed by atoms with Gasteiger partial charge in [-0.15, -0.1) is 0 Å². The first-order chi connectivity index (χ1) is 9.60.